The molecule has 3 rings (SSSR count). The number of halogens is 3. The Morgan fingerprint density at radius 1 is 1.12 bits per heavy atom. The van der Waals surface area contributed by atoms with Crippen LogP contribution in [-0.2, 0) is 0 Å². The molecule has 25 heavy (non-hydrogen) atoms. The molecule has 1 aliphatic rings. The Morgan fingerprint density at radius 3 is 2.44 bits per heavy atom. The summed E-state index contributed by atoms with van der Waals surface area (Å²) < 4.78 is 40.3. The third-order valence-electron chi connectivity index (χ3n) is 2.97. The van der Waals surface area contributed by atoms with Crippen molar-refractivity contribution in [1.82, 2.24) is 10.3 Å². The average Bonchev–Trinajstić information content (AvgIpc) is 2.88. The largest absolute Gasteiger partial charge is 0.573 e. The van der Waals surface area contributed by atoms with Crippen LogP contribution in [0.4, 0.5) is 23.7 Å². The molecule has 1 saturated heterocycles. The van der Waals surface area contributed by atoms with Gasteiger partial charge in [-0.25, -0.2) is 4.99 Å². The van der Waals surface area contributed by atoms with Gasteiger partial charge >= 0.3 is 6.36 Å². The zero-order valence-electron chi connectivity index (χ0n) is 12.4. The number of rotatable bonds is 3. The second kappa shape index (κ2) is 6.98. The Balaban J connectivity index is 1.83. The van der Waals surface area contributed by atoms with Crippen LogP contribution in [0.2, 0.25) is 0 Å². The summed E-state index contributed by atoms with van der Waals surface area (Å²) in [4.78, 5) is 20.4. The van der Waals surface area contributed by atoms with Crippen molar-refractivity contribution in [2.75, 3.05) is 0 Å². The van der Waals surface area contributed by atoms with Crippen LogP contribution in [0.15, 0.2) is 58.7 Å². The van der Waals surface area contributed by atoms with Crippen molar-refractivity contribution in [3.8, 4) is 5.75 Å². The van der Waals surface area contributed by atoms with Crippen LogP contribution >= 0.6 is 11.8 Å². The van der Waals surface area contributed by atoms with Gasteiger partial charge in [-0.2, -0.15) is 0 Å². The van der Waals surface area contributed by atoms with Gasteiger partial charge in [-0.3, -0.25) is 9.78 Å². The molecular weight excluding hydrogens is 355 g/mol. The van der Waals surface area contributed by atoms with E-state index in [1.807, 2.05) is 0 Å². The minimum Gasteiger partial charge on any atom is -0.406 e. The molecule has 0 saturated carbocycles. The molecule has 0 spiro atoms. The highest BCUT2D eigenvalue weighted by Gasteiger charge is 2.31. The molecule has 1 fully saturated rings. The monoisotopic (exact) mass is 365 g/mol. The van der Waals surface area contributed by atoms with Crippen LogP contribution in [-0.4, -0.2) is 22.4 Å². The fraction of sp³-hybridized carbons (Fsp3) is 0.0625. The van der Waals surface area contributed by atoms with Crippen molar-refractivity contribution in [3.63, 3.8) is 0 Å². The quantitative estimate of drug-likeness (QED) is 0.869. The minimum atomic E-state index is -4.75. The maximum absolute atomic E-state index is 12.2. The second-order valence-corrected chi connectivity index (χ2v) is 5.82. The molecule has 2 aromatic rings. The van der Waals surface area contributed by atoms with E-state index in [0.717, 1.165) is 29.5 Å². The van der Waals surface area contributed by atoms with E-state index in [1.165, 1.54) is 12.1 Å². The van der Waals surface area contributed by atoms with Crippen LogP contribution < -0.4 is 10.1 Å². The summed E-state index contributed by atoms with van der Waals surface area (Å²) in [6, 6.07) is 8.60. The first-order valence-corrected chi connectivity index (χ1v) is 7.76. The fourth-order valence-corrected chi connectivity index (χ4v) is 2.71. The predicted molar refractivity (Wildman–Crippen MR) is 88.6 cm³/mol. The van der Waals surface area contributed by atoms with E-state index in [1.54, 1.807) is 30.6 Å². The topological polar surface area (TPSA) is 63.6 Å². The molecule has 128 valence electrons. The predicted octanol–water partition coefficient (Wildman–Crippen LogP) is 4.51. The summed E-state index contributed by atoms with van der Waals surface area (Å²) in [5.74, 6) is -0.00913. The molecule has 1 amide bonds. The maximum Gasteiger partial charge on any atom is 0.573 e. The van der Waals surface area contributed by atoms with Gasteiger partial charge in [-0.1, -0.05) is 0 Å². The van der Waals surface area contributed by atoms with Crippen molar-refractivity contribution in [3.05, 3.63) is 59.3 Å². The molecular formula is C16H10F3N3O2S. The first kappa shape index (κ1) is 17.0. The highest BCUT2D eigenvalue weighted by Crippen LogP contribution is 2.29. The number of benzene rings is 1. The van der Waals surface area contributed by atoms with Gasteiger partial charge in [0.2, 0.25) is 0 Å². The number of pyridine rings is 1. The van der Waals surface area contributed by atoms with E-state index in [0.29, 0.717) is 16.4 Å². The second-order valence-electron chi connectivity index (χ2n) is 4.81. The number of aromatic nitrogens is 1. The average molecular weight is 365 g/mol. The molecule has 0 aliphatic carbocycles. The third-order valence-corrected chi connectivity index (χ3v) is 3.79. The highest BCUT2D eigenvalue weighted by molar-refractivity contribution is 8.18. The standard InChI is InChI=1S/C16H10F3N3O2S/c17-16(18,19)24-12-3-1-11(2-4-12)21-14-13(25-15(23)22-14)9-10-5-7-20-8-6-10/h1-9H,(H,21,22,23). The van der Waals surface area contributed by atoms with Gasteiger partial charge < -0.3 is 10.1 Å². The third kappa shape index (κ3) is 4.83. The number of hydrogen-bond donors (Lipinski definition) is 1. The van der Waals surface area contributed by atoms with Gasteiger partial charge in [0.25, 0.3) is 5.24 Å². The lowest BCUT2D eigenvalue weighted by atomic mass is 10.2. The van der Waals surface area contributed by atoms with E-state index < -0.39 is 6.36 Å². The first-order valence-electron chi connectivity index (χ1n) is 6.94. The molecule has 0 unspecified atom stereocenters. The number of thioether (sulfide) groups is 1. The zero-order valence-corrected chi connectivity index (χ0v) is 13.3. The number of ether oxygens (including phenoxy) is 1. The Morgan fingerprint density at radius 2 is 1.80 bits per heavy atom. The summed E-state index contributed by atoms with van der Waals surface area (Å²) in [7, 11) is 0. The Kier molecular flexibility index (Phi) is 4.75. The van der Waals surface area contributed by atoms with Crippen molar-refractivity contribution in [1.29, 1.82) is 0 Å². The smallest absolute Gasteiger partial charge is 0.406 e. The Hall–Kier alpha value is -2.81. The molecule has 5 nitrogen and oxygen atoms in total. The van der Waals surface area contributed by atoms with Crippen LogP contribution in [0.3, 0.4) is 0 Å². The SMILES string of the molecule is O=C1NC(=Nc2ccc(OC(F)(F)F)cc2)C(=Cc2ccncc2)S1. The summed E-state index contributed by atoms with van der Waals surface area (Å²) >= 11 is 0.985. The lowest BCUT2D eigenvalue weighted by Gasteiger charge is -2.08. The van der Waals surface area contributed by atoms with Crippen molar-refractivity contribution in [2.45, 2.75) is 6.36 Å². The molecule has 1 aromatic carbocycles. The summed E-state index contributed by atoms with van der Waals surface area (Å²) in [5.41, 5.74) is 1.23. The molecule has 0 bridgehead atoms. The minimum absolute atomic E-state index is 0.281. The first-order chi connectivity index (χ1) is 11.9. The van der Waals surface area contributed by atoms with Crippen molar-refractivity contribution < 1.29 is 22.7 Å². The molecule has 1 aliphatic heterocycles. The van der Waals surface area contributed by atoms with Crippen molar-refractivity contribution in [2.24, 2.45) is 4.99 Å². The number of nitrogens with zero attached hydrogens (tertiary/aromatic N) is 2. The van der Waals surface area contributed by atoms with E-state index in [9.17, 15) is 18.0 Å². The van der Waals surface area contributed by atoms with E-state index >= 15 is 0 Å². The fourth-order valence-electron chi connectivity index (χ4n) is 1.98. The molecule has 2 heterocycles. The van der Waals surface area contributed by atoms with Gasteiger partial charge in [-0.05, 0) is 59.8 Å². The Bertz CT molecular complexity index is 834. The Labute approximate surface area is 144 Å². The highest BCUT2D eigenvalue weighted by atomic mass is 32.2. The number of carbonyl (C=O) groups is 1. The maximum atomic E-state index is 12.2. The van der Waals surface area contributed by atoms with Crippen LogP contribution in [0.5, 0.6) is 5.75 Å². The normalized spacial score (nSPS) is 17.8. The lowest BCUT2D eigenvalue weighted by Crippen LogP contribution is -2.18. The van der Waals surface area contributed by atoms with Gasteiger partial charge in [0.15, 0.2) is 0 Å². The lowest BCUT2D eigenvalue weighted by molar-refractivity contribution is -0.274. The van der Waals surface area contributed by atoms with E-state index in [2.05, 4.69) is 20.0 Å². The van der Waals surface area contributed by atoms with Gasteiger partial charge in [0.1, 0.15) is 11.6 Å². The van der Waals surface area contributed by atoms with E-state index in [-0.39, 0.29) is 11.0 Å². The zero-order chi connectivity index (χ0) is 17.9. The summed E-state index contributed by atoms with van der Waals surface area (Å²) in [6.45, 7) is 0. The number of carbonyl (C=O) groups excluding carboxylic acids is 1. The molecule has 9 heteroatoms. The number of nitrogens with one attached hydrogen (secondary N) is 1. The van der Waals surface area contributed by atoms with Gasteiger partial charge in [0.05, 0.1) is 10.6 Å². The molecule has 1 N–H and O–H groups in total. The van der Waals surface area contributed by atoms with Crippen LogP contribution in [0.25, 0.3) is 6.08 Å². The van der Waals surface area contributed by atoms with Crippen LogP contribution in [0.1, 0.15) is 5.56 Å². The van der Waals surface area contributed by atoms with Gasteiger partial charge in [-0.15, -0.1) is 13.2 Å². The number of hydrogen-bond acceptors (Lipinski definition) is 5. The number of amides is 1. The van der Waals surface area contributed by atoms with Crippen molar-refractivity contribution >= 4 is 34.6 Å². The summed E-state index contributed by atoms with van der Waals surface area (Å²) in [5, 5.41) is 2.32. The number of aliphatic imine (C=N–C) groups is 1. The number of alkyl halides is 3. The molecule has 1 aromatic heterocycles. The number of amidine groups is 1. The van der Waals surface area contributed by atoms with Crippen LogP contribution in [0, 0.1) is 0 Å². The van der Waals surface area contributed by atoms with E-state index in [4.69, 9.17) is 0 Å². The summed E-state index contributed by atoms with van der Waals surface area (Å²) in [6.07, 6.45) is 0.267. The molecule has 0 radical (unpaired) electrons. The molecule has 0 atom stereocenters. The van der Waals surface area contributed by atoms with Gasteiger partial charge in [0, 0.05) is 12.4 Å².